The quantitative estimate of drug-likeness (QED) is 0.581. The molecule has 2 aromatic rings. The van der Waals surface area contributed by atoms with Crippen molar-refractivity contribution in [1.29, 1.82) is 0 Å². The highest BCUT2D eigenvalue weighted by atomic mass is 16.5. The number of nitrogens with one attached hydrogen (secondary N) is 1. The maximum absolute atomic E-state index is 11.9. The number of para-hydroxylation sites is 1. The van der Waals surface area contributed by atoms with Crippen molar-refractivity contribution in [2.45, 2.75) is 13.8 Å². The van der Waals surface area contributed by atoms with Gasteiger partial charge in [0.25, 0.3) is 0 Å². The van der Waals surface area contributed by atoms with Crippen LogP contribution in [0.15, 0.2) is 42.5 Å². The zero-order chi connectivity index (χ0) is 18.9. The van der Waals surface area contributed by atoms with Crippen molar-refractivity contribution in [3.05, 3.63) is 59.2 Å². The lowest BCUT2D eigenvalue weighted by Crippen LogP contribution is -2.26. The summed E-state index contributed by atoms with van der Waals surface area (Å²) < 4.78 is 16.2. The van der Waals surface area contributed by atoms with Crippen LogP contribution in [0, 0.1) is 13.8 Å². The van der Waals surface area contributed by atoms with Crippen molar-refractivity contribution >= 4 is 12.0 Å². The van der Waals surface area contributed by atoms with E-state index >= 15 is 0 Å². The molecule has 1 amide bonds. The first-order valence-corrected chi connectivity index (χ1v) is 8.42. The monoisotopic (exact) mass is 355 g/mol. The number of ether oxygens (including phenoxy) is 3. The molecule has 0 aromatic heterocycles. The Hall–Kier alpha value is -2.95. The highest BCUT2D eigenvalue weighted by molar-refractivity contribution is 5.91. The smallest absolute Gasteiger partial charge is 0.244 e. The average Bonchev–Trinajstić information content (AvgIpc) is 2.65. The molecule has 0 saturated heterocycles. The number of aryl methyl sites for hydroxylation is 2. The number of carbonyl (C=O) groups excluding carboxylic acids is 1. The van der Waals surface area contributed by atoms with Crippen LogP contribution >= 0.6 is 0 Å². The van der Waals surface area contributed by atoms with Crippen LogP contribution in [0.4, 0.5) is 0 Å². The van der Waals surface area contributed by atoms with Crippen LogP contribution in [-0.4, -0.2) is 33.3 Å². The first-order chi connectivity index (χ1) is 12.5. The number of rotatable bonds is 8. The predicted octanol–water partition coefficient (Wildman–Crippen LogP) is 3.53. The summed E-state index contributed by atoms with van der Waals surface area (Å²) >= 11 is 0. The van der Waals surface area contributed by atoms with Gasteiger partial charge in [-0.2, -0.15) is 0 Å². The van der Waals surface area contributed by atoms with E-state index in [0.717, 1.165) is 22.4 Å². The van der Waals surface area contributed by atoms with E-state index in [9.17, 15) is 4.79 Å². The molecule has 138 valence electrons. The van der Waals surface area contributed by atoms with Gasteiger partial charge in [0.2, 0.25) is 5.91 Å². The number of amides is 1. The molecule has 0 atom stereocenters. The van der Waals surface area contributed by atoms with Crippen LogP contribution in [0.2, 0.25) is 0 Å². The summed E-state index contributed by atoms with van der Waals surface area (Å²) in [4.78, 5) is 11.9. The van der Waals surface area contributed by atoms with Crippen LogP contribution in [-0.2, 0) is 4.79 Å². The molecule has 0 unspecified atom stereocenters. The van der Waals surface area contributed by atoms with E-state index in [4.69, 9.17) is 14.2 Å². The largest absolute Gasteiger partial charge is 0.493 e. The Labute approximate surface area is 154 Å². The Balaban J connectivity index is 1.82. The minimum Gasteiger partial charge on any atom is -0.493 e. The fourth-order valence-electron chi connectivity index (χ4n) is 2.54. The van der Waals surface area contributed by atoms with Gasteiger partial charge in [-0.05, 0) is 48.7 Å². The lowest BCUT2D eigenvalue weighted by molar-refractivity contribution is -0.116. The van der Waals surface area contributed by atoms with Gasteiger partial charge < -0.3 is 19.5 Å². The summed E-state index contributed by atoms with van der Waals surface area (Å²) in [7, 11) is 3.16. The lowest BCUT2D eigenvalue weighted by Gasteiger charge is -2.11. The molecule has 5 heteroatoms. The molecule has 5 nitrogen and oxygen atoms in total. The van der Waals surface area contributed by atoms with Crippen LogP contribution < -0.4 is 19.5 Å². The Kier molecular flexibility index (Phi) is 7.09. The second kappa shape index (κ2) is 9.51. The fourth-order valence-corrected chi connectivity index (χ4v) is 2.54. The topological polar surface area (TPSA) is 56.8 Å². The van der Waals surface area contributed by atoms with Gasteiger partial charge in [-0.25, -0.2) is 0 Å². The molecule has 0 aliphatic heterocycles. The molecule has 0 aliphatic carbocycles. The van der Waals surface area contributed by atoms with Gasteiger partial charge in [-0.3, -0.25) is 4.79 Å². The molecule has 1 N–H and O–H groups in total. The number of carbonyl (C=O) groups is 1. The molecule has 0 heterocycles. The minimum atomic E-state index is -0.176. The van der Waals surface area contributed by atoms with Crippen molar-refractivity contribution in [3.8, 4) is 17.2 Å². The van der Waals surface area contributed by atoms with Gasteiger partial charge in [0, 0.05) is 6.08 Å². The molecule has 26 heavy (non-hydrogen) atoms. The van der Waals surface area contributed by atoms with E-state index in [2.05, 4.69) is 5.32 Å². The van der Waals surface area contributed by atoms with Crippen LogP contribution in [0.25, 0.3) is 6.08 Å². The van der Waals surface area contributed by atoms with Crippen molar-refractivity contribution in [2.24, 2.45) is 0 Å². The van der Waals surface area contributed by atoms with E-state index in [-0.39, 0.29) is 5.91 Å². The third-order valence-corrected chi connectivity index (χ3v) is 3.89. The normalized spacial score (nSPS) is 10.6. The number of methoxy groups -OCH3 is 2. The van der Waals surface area contributed by atoms with Gasteiger partial charge >= 0.3 is 0 Å². The maximum Gasteiger partial charge on any atom is 0.244 e. The molecule has 0 aliphatic rings. The summed E-state index contributed by atoms with van der Waals surface area (Å²) in [6, 6.07) is 11.5. The van der Waals surface area contributed by atoms with E-state index < -0.39 is 0 Å². The molecule has 2 aromatic carbocycles. The highest BCUT2D eigenvalue weighted by Gasteiger charge is 2.04. The minimum absolute atomic E-state index is 0.176. The highest BCUT2D eigenvalue weighted by Crippen LogP contribution is 2.28. The second-order valence-electron chi connectivity index (χ2n) is 5.81. The van der Waals surface area contributed by atoms with Crippen molar-refractivity contribution < 1.29 is 19.0 Å². The van der Waals surface area contributed by atoms with E-state index in [1.807, 2.05) is 44.2 Å². The van der Waals surface area contributed by atoms with Crippen molar-refractivity contribution in [2.75, 3.05) is 27.4 Å². The fraction of sp³-hybridized carbons (Fsp3) is 0.286. The van der Waals surface area contributed by atoms with Gasteiger partial charge in [0.15, 0.2) is 11.5 Å². The maximum atomic E-state index is 11.9. The molecule has 0 spiro atoms. The molecule has 0 bridgehead atoms. The Morgan fingerprint density at radius 1 is 1.04 bits per heavy atom. The van der Waals surface area contributed by atoms with Crippen molar-refractivity contribution in [1.82, 2.24) is 5.32 Å². The summed E-state index contributed by atoms with van der Waals surface area (Å²) in [6.45, 7) is 4.87. The number of benzene rings is 2. The SMILES string of the molecule is COc1ccc(/C=C/C(=O)NCCOc2c(C)cccc2C)cc1OC. The summed E-state index contributed by atoms with van der Waals surface area (Å²) in [6.07, 6.45) is 3.21. The van der Waals surface area contributed by atoms with E-state index in [1.165, 1.54) is 6.08 Å². The van der Waals surface area contributed by atoms with Crippen LogP contribution in [0.3, 0.4) is 0 Å². The lowest BCUT2D eigenvalue weighted by atomic mass is 10.1. The predicted molar refractivity (Wildman–Crippen MR) is 103 cm³/mol. The van der Waals surface area contributed by atoms with Crippen LogP contribution in [0.5, 0.6) is 17.2 Å². The number of hydrogen-bond donors (Lipinski definition) is 1. The third kappa shape index (κ3) is 5.28. The first-order valence-electron chi connectivity index (χ1n) is 8.42. The molecule has 0 saturated carbocycles. The van der Waals surface area contributed by atoms with Crippen molar-refractivity contribution in [3.63, 3.8) is 0 Å². The Bertz CT molecular complexity index is 763. The third-order valence-electron chi connectivity index (χ3n) is 3.89. The van der Waals surface area contributed by atoms with Crippen LogP contribution in [0.1, 0.15) is 16.7 Å². The van der Waals surface area contributed by atoms with Gasteiger partial charge in [-0.15, -0.1) is 0 Å². The number of hydrogen-bond acceptors (Lipinski definition) is 4. The summed E-state index contributed by atoms with van der Waals surface area (Å²) in [5.74, 6) is 1.97. The standard InChI is InChI=1S/C21H25NO4/c1-15-6-5-7-16(2)21(15)26-13-12-22-20(23)11-9-17-8-10-18(24-3)19(14-17)25-4/h5-11,14H,12-13H2,1-4H3,(H,22,23)/b11-9+. The van der Waals surface area contributed by atoms with Gasteiger partial charge in [-0.1, -0.05) is 24.3 Å². The van der Waals surface area contributed by atoms with E-state index in [1.54, 1.807) is 26.4 Å². The summed E-state index contributed by atoms with van der Waals surface area (Å²) in [5.41, 5.74) is 3.03. The molecule has 0 fully saturated rings. The Morgan fingerprint density at radius 2 is 1.73 bits per heavy atom. The van der Waals surface area contributed by atoms with E-state index in [0.29, 0.717) is 24.7 Å². The first kappa shape index (κ1) is 19.4. The second-order valence-corrected chi connectivity index (χ2v) is 5.81. The zero-order valence-corrected chi connectivity index (χ0v) is 15.7. The zero-order valence-electron chi connectivity index (χ0n) is 15.7. The van der Waals surface area contributed by atoms with Gasteiger partial charge in [0.1, 0.15) is 12.4 Å². The molecular weight excluding hydrogens is 330 g/mol. The summed E-state index contributed by atoms with van der Waals surface area (Å²) in [5, 5.41) is 2.81. The van der Waals surface area contributed by atoms with Gasteiger partial charge in [0.05, 0.1) is 20.8 Å². The Morgan fingerprint density at radius 3 is 2.38 bits per heavy atom. The molecular formula is C21H25NO4. The average molecular weight is 355 g/mol. The molecule has 0 radical (unpaired) electrons. The molecule has 2 rings (SSSR count).